The van der Waals surface area contributed by atoms with Crippen molar-refractivity contribution in [2.24, 2.45) is 5.73 Å². The Labute approximate surface area is 123 Å². The minimum atomic E-state index is -0.320. The molecule has 0 spiro atoms. The second-order valence-electron chi connectivity index (χ2n) is 5.66. The number of hydrogen-bond donors (Lipinski definition) is 1. The Balaban J connectivity index is 1.95. The number of aromatic nitrogens is 1. The molecule has 110 valence electrons. The normalized spacial score (nSPS) is 17.5. The fourth-order valence-corrected chi connectivity index (χ4v) is 3.16. The van der Waals surface area contributed by atoms with Crippen LogP contribution in [0.3, 0.4) is 0 Å². The first-order valence-electron chi connectivity index (χ1n) is 7.24. The van der Waals surface area contributed by atoms with Crippen molar-refractivity contribution in [3.8, 4) is 0 Å². The summed E-state index contributed by atoms with van der Waals surface area (Å²) in [6, 6.07) is 7.48. The molecule has 0 saturated heterocycles. The Hall–Kier alpha value is -2.14. The van der Waals surface area contributed by atoms with Crippen LogP contribution in [0.1, 0.15) is 41.3 Å². The third-order valence-electron chi connectivity index (χ3n) is 4.40. The van der Waals surface area contributed by atoms with E-state index in [9.17, 15) is 10.1 Å². The zero-order chi connectivity index (χ0) is 15.0. The van der Waals surface area contributed by atoms with E-state index in [0.717, 1.165) is 30.4 Å². The summed E-state index contributed by atoms with van der Waals surface area (Å²) < 4.78 is 2.18. The number of rotatable bonds is 3. The summed E-state index contributed by atoms with van der Waals surface area (Å²) in [5.41, 5.74) is 10.6. The molecular formula is C16H19N3O2. The van der Waals surface area contributed by atoms with Crippen LogP contribution in [0.4, 0.5) is 5.69 Å². The highest BCUT2D eigenvalue weighted by Gasteiger charge is 2.21. The molecule has 0 saturated carbocycles. The van der Waals surface area contributed by atoms with Gasteiger partial charge in [0.25, 0.3) is 5.69 Å². The molecule has 21 heavy (non-hydrogen) atoms. The summed E-state index contributed by atoms with van der Waals surface area (Å²) in [6.45, 7) is 2.48. The number of benzene rings is 1. The van der Waals surface area contributed by atoms with Gasteiger partial charge in [-0.25, -0.2) is 0 Å². The van der Waals surface area contributed by atoms with E-state index >= 15 is 0 Å². The second kappa shape index (κ2) is 5.33. The fraction of sp³-hybridized carbons (Fsp3) is 0.375. The van der Waals surface area contributed by atoms with Gasteiger partial charge < -0.3 is 10.3 Å². The lowest BCUT2D eigenvalue weighted by molar-refractivity contribution is -0.385. The van der Waals surface area contributed by atoms with Gasteiger partial charge in [-0.2, -0.15) is 0 Å². The van der Waals surface area contributed by atoms with Crippen LogP contribution < -0.4 is 5.73 Å². The Kier molecular flexibility index (Phi) is 3.51. The largest absolute Gasteiger partial charge is 0.347 e. The maximum Gasteiger partial charge on any atom is 0.272 e. The molecule has 1 aliphatic rings. The lowest BCUT2D eigenvalue weighted by atomic mass is 9.93. The molecule has 0 bridgehead atoms. The molecule has 1 heterocycles. The molecule has 0 radical (unpaired) electrons. The predicted octanol–water partition coefficient (Wildman–Crippen LogP) is 3.09. The predicted molar refractivity (Wildman–Crippen MR) is 81.2 cm³/mol. The van der Waals surface area contributed by atoms with Crippen molar-refractivity contribution in [2.75, 3.05) is 0 Å². The summed E-state index contributed by atoms with van der Waals surface area (Å²) in [5.74, 6) is 0. The number of nitrogens with zero attached hydrogens (tertiary/aromatic N) is 2. The Morgan fingerprint density at radius 3 is 3.00 bits per heavy atom. The van der Waals surface area contributed by atoms with E-state index in [1.807, 2.05) is 19.2 Å². The fourth-order valence-electron chi connectivity index (χ4n) is 3.16. The minimum absolute atomic E-state index is 0.126. The number of nitro benzene ring substituents is 1. The van der Waals surface area contributed by atoms with Gasteiger partial charge in [0.1, 0.15) is 0 Å². The van der Waals surface area contributed by atoms with E-state index in [2.05, 4.69) is 10.6 Å². The lowest BCUT2D eigenvalue weighted by Crippen LogP contribution is -2.18. The van der Waals surface area contributed by atoms with Gasteiger partial charge >= 0.3 is 0 Å². The first-order valence-corrected chi connectivity index (χ1v) is 7.24. The van der Waals surface area contributed by atoms with Gasteiger partial charge in [0.2, 0.25) is 0 Å². The Morgan fingerprint density at radius 2 is 2.24 bits per heavy atom. The quantitative estimate of drug-likeness (QED) is 0.695. The van der Waals surface area contributed by atoms with Crippen molar-refractivity contribution in [3.63, 3.8) is 0 Å². The third kappa shape index (κ3) is 2.45. The van der Waals surface area contributed by atoms with Gasteiger partial charge in [-0.05, 0) is 43.4 Å². The van der Waals surface area contributed by atoms with Crippen molar-refractivity contribution in [2.45, 2.75) is 38.8 Å². The van der Waals surface area contributed by atoms with E-state index < -0.39 is 0 Å². The average molecular weight is 285 g/mol. The van der Waals surface area contributed by atoms with Crippen LogP contribution in [-0.4, -0.2) is 9.49 Å². The minimum Gasteiger partial charge on any atom is -0.347 e. The summed E-state index contributed by atoms with van der Waals surface area (Å²) in [6.07, 6.45) is 5.22. The van der Waals surface area contributed by atoms with E-state index in [4.69, 9.17) is 5.73 Å². The molecule has 1 unspecified atom stereocenters. The van der Waals surface area contributed by atoms with Gasteiger partial charge in [-0.3, -0.25) is 10.1 Å². The van der Waals surface area contributed by atoms with E-state index in [-0.39, 0.29) is 16.7 Å². The van der Waals surface area contributed by atoms with Crippen molar-refractivity contribution >= 4 is 5.69 Å². The van der Waals surface area contributed by atoms with Crippen LogP contribution in [0.5, 0.6) is 0 Å². The molecule has 5 nitrogen and oxygen atoms in total. The Morgan fingerprint density at radius 1 is 1.43 bits per heavy atom. The summed E-state index contributed by atoms with van der Waals surface area (Å²) in [4.78, 5) is 10.7. The molecule has 1 aromatic carbocycles. The highest BCUT2D eigenvalue weighted by Crippen LogP contribution is 2.30. The van der Waals surface area contributed by atoms with Gasteiger partial charge in [-0.1, -0.05) is 12.1 Å². The van der Waals surface area contributed by atoms with E-state index in [0.29, 0.717) is 6.54 Å². The van der Waals surface area contributed by atoms with Crippen molar-refractivity contribution < 1.29 is 4.92 Å². The number of fused-ring (bicyclic) bond motifs is 1. The van der Waals surface area contributed by atoms with Gasteiger partial charge in [0, 0.05) is 36.1 Å². The molecule has 1 aliphatic carbocycles. The van der Waals surface area contributed by atoms with E-state index in [1.54, 1.807) is 12.1 Å². The van der Waals surface area contributed by atoms with Crippen molar-refractivity contribution in [1.82, 2.24) is 4.57 Å². The van der Waals surface area contributed by atoms with Gasteiger partial charge in [0.05, 0.1) is 4.92 Å². The standard InChI is InChI=1S/C16H19N3O2/c1-11-12(4-2-6-15(11)19(20)21)10-18-9-8-13-14(17)5-3-7-16(13)18/h2,4,6,8-9,14H,3,5,7,10,17H2,1H3. The first-order chi connectivity index (χ1) is 10.1. The van der Waals surface area contributed by atoms with Crippen LogP contribution in [0.2, 0.25) is 0 Å². The average Bonchev–Trinajstić information content (AvgIpc) is 2.85. The second-order valence-corrected chi connectivity index (χ2v) is 5.66. The van der Waals surface area contributed by atoms with Gasteiger partial charge in [-0.15, -0.1) is 0 Å². The summed E-state index contributed by atoms with van der Waals surface area (Å²) in [5, 5.41) is 11.0. The molecule has 1 aromatic heterocycles. The molecule has 2 aromatic rings. The molecule has 0 aliphatic heterocycles. The zero-order valence-electron chi connectivity index (χ0n) is 12.1. The summed E-state index contributed by atoms with van der Waals surface area (Å²) >= 11 is 0. The van der Waals surface area contributed by atoms with Crippen molar-refractivity contribution in [1.29, 1.82) is 0 Å². The zero-order valence-corrected chi connectivity index (χ0v) is 12.1. The SMILES string of the molecule is Cc1c(Cn2ccc3c2CCCC3N)cccc1[N+](=O)[O-]. The topological polar surface area (TPSA) is 74.1 Å². The maximum atomic E-state index is 11.0. The molecular weight excluding hydrogens is 266 g/mol. The monoisotopic (exact) mass is 285 g/mol. The molecule has 5 heteroatoms. The molecule has 2 N–H and O–H groups in total. The maximum absolute atomic E-state index is 11.0. The van der Waals surface area contributed by atoms with Crippen LogP contribution in [0.25, 0.3) is 0 Å². The number of nitro groups is 1. The summed E-state index contributed by atoms with van der Waals surface area (Å²) in [7, 11) is 0. The first kappa shape index (κ1) is 13.8. The highest BCUT2D eigenvalue weighted by atomic mass is 16.6. The number of hydrogen-bond acceptors (Lipinski definition) is 3. The molecule has 3 rings (SSSR count). The Bertz CT molecular complexity index is 691. The van der Waals surface area contributed by atoms with Crippen LogP contribution in [0.15, 0.2) is 30.5 Å². The van der Waals surface area contributed by atoms with Crippen LogP contribution >= 0.6 is 0 Å². The molecule has 0 fully saturated rings. The van der Waals surface area contributed by atoms with Crippen LogP contribution in [0, 0.1) is 17.0 Å². The van der Waals surface area contributed by atoms with Crippen LogP contribution in [-0.2, 0) is 13.0 Å². The van der Waals surface area contributed by atoms with E-state index in [1.165, 1.54) is 11.3 Å². The van der Waals surface area contributed by atoms with Crippen molar-refractivity contribution in [3.05, 3.63) is 63.0 Å². The third-order valence-corrected chi connectivity index (χ3v) is 4.40. The number of nitrogens with two attached hydrogens (primary N) is 1. The molecule has 0 amide bonds. The highest BCUT2D eigenvalue weighted by molar-refractivity contribution is 5.45. The molecule has 1 atom stereocenters. The van der Waals surface area contributed by atoms with Gasteiger partial charge in [0.15, 0.2) is 0 Å². The lowest BCUT2D eigenvalue weighted by Gasteiger charge is -2.21. The smallest absolute Gasteiger partial charge is 0.272 e.